The second-order valence-electron chi connectivity index (χ2n) is 7.77. The number of fused-ring (bicyclic) bond motifs is 2. The number of anilines is 1. The van der Waals surface area contributed by atoms with Crippen molar-refractivity contribution in [1.29, 1.82) is 0 Å². The summed E-state index contributed by atoms with van der Waals surface area (Å²) < 4.78 is 7.42. The first-order chi connectivity index (χ1) is 15.2. The molecule has 0 spiro atoms. The third kappa shape index (κ3) is 4.53. The van der Waals surface area contributed by atoms with Gasteiger partial charge in [0.15, 0.2) is 5.65 Å². The van der Waals surface area contributed by atoms with E-state index in [4.69, 9.17) is 20.4 Å². The van der Waals surface area contributed by atoms with Crippen LogP contribution in [0.4, 0.5) is 5.82 Å². The highest BCUT2D eigenvalue weighted by molar-refractivity contribution is 6.08. The van der Waals surface area contributed by atoms with Crippen molar-refractivity contribution < 1.29 is 9.53 Å². The normalized spacial score (nSPS) is 11.3. The standard InChI is InChI=1S/C25H28N4O2/c1-2-3-4-5-11-16-31-25(30)21-22-24(28-20-15-10-9-14-19(20)27-22)29(23(21)26)17-18-12-7-6-8-13-18/h6-10,12-15H,2-5,11,16-17,26H2,1H3. The van der Waals surface area contributed by atoms with Gasteiger partial charge < -0.3 is 15.0 Å². The molecule has 0 aliphatic carbocycles. The summed E-state index contributed by atoms with van der Waals surface area (Å²) in [5.41, 5.74) is 10.4. The van der Waals surface area contributed by atoms with Crippen molar-refractivity contribution in [2.45, 2.75) is 45.6 Å². The molecule has 0 saturated carbocycles. The topological polar surface area (TPSA) is 83.0 Å². The van der Waals surface area contributed by atoms with Crippen molar-refractivity contribution in [3.8, 4) is 0 Å². The number of para-hydroxylation sites is 2. The molecule has 4 aromatic rings. The van der Waals surface area contributed by atoms with Crippen LogP contribution in [0.5, 0.6) is 0 Å². The van der Waals surface area contributed by atoms with Crippen LogP contribution in [0.25, 0.3) is 22.2 Å². The van der Waals surface area contributed by atoms with Crippen LogP contribution >= 0.6 is 0 Å². The molecule has 2 N–H and O–H groups in total. The fraction of sp³-hybridized carbons (Fsp3) is 0.320. The van der Waals surface area contributed by atoms with Gasteiger partial charge in [0.1, 0.15) is 16.9 Å². The lowest BCUT2D eigenvalue weighted by Crippen LogP contribution is -2.11. The number of benzene rings is 2. The number of hydrogen-bond donors (Lipinski definition) is 1. The number of rotatable bonds is 9. The van der Waals surface area contributed by atoms with Crippen LogP contribution in [0, 0.1) is 0 Å². The van der Waals surface area contributed by atoms with Gasteiger partial charge in [0.25, 0.3) is 0 Å². The molecule has 0 saturated heterocycles. The zero-order chi connectivity index (χ0) is 21.6. The van der Waals surface area contributed by atoms with E-state index in [9.17, 15) is 4.79 Å². The number of carbonyl (C=O) groups excluding carboxylic acids is 1. The Morgan fingerprint density at radius 2 is 1.61 bits per heavy atom. The van der Waals surface area contributed by atoms with Gasteiger partial charge >= 0.3 is 5.97 Å². The van der Waals surface area contributed by atoms with Gasteiger partial charge in [-0.25, -0.2) is 14.8 Å². The van der Waals surface area contributed by atoms with Crippen molar-refractivity contribution in [1.82, 2.24) is 14.5 Å². The number of nitrogen functional groups attached to an aromatic ring is 1. The summed E-state index contributed by atoms with van der Waals surface area (Å²) >= 11 is 0. The van der Waals surface area contributed by atoms with E-state index in [1.54, 1.807) is 0 Å². The molecule has 4 rings (SSSR count). The van der Waals surface area contributed by atoms with E-state index < -0.39 is 5.97 Å². The van der Waals surface area contributed by atoms with Crippen LogP contribution in [-0.2, 0) is 11.3 Å². The molecule has 0 aliphatic rings. The number of esters is 1. The van der Waals surface area contributed by atoms with E-state index in [1.807, 2.05) is 59.2 Å². The van der Waals surface area contributed by atoms with Gasteiger partial charge in [0.2, 0.25) is 0 Å². The maximum absolute atomic E-state index is 13.0. The molecular formula is C25H28N4O2. The molecule has 0 radical (unpaired) electrons. The average Bonchev–Trinajstić information content (AvgIpc) is 3.05. The highest BCUT2D eigenvalue weighted by Gasteiger charge is 2.25. The summed E-state index contributed by atoms with van der Waals surface area (Å²) in [6.07, 6.45) is 5.45. The van der Waals surface area contributed by atoms with Crippen LogP contribution in [0.2, 0.25) is 0 Å². The fourth-order valence-electron chi connectivity index (χ4n) is 3.79. The van der Waals surface area contributed by atoms with Crippen molar-refractivity contribution in [2.75, 3.05) is 12.3 Å². The summed E-state index contributed by atoms with van der Waals surface area (Å²) in [6.45, 7) is 3.06. The number of carbonyl (C=O) groups is 1. The zero-order valence-electron chi connectivity index (χ0n) is 17.9. The molecule has 0 amide bonds. The van der Waals surface area contributed by atoms with E-state index in [2.05, 4.69) is 6.92 Å². The number of nitrogens with two attached hydrogens (primary N) is 1. The molecule has 0 fully saturated rings. The monoisotopic (exact) mass is 416 g/mol. The molecule has 2 aromatic carbocycles. The van der Waals surface area contributed by atoms with E-state index in [-0.39, 0.29) is 0 Å². The molecule has 2 heterocycles. The predicted octanol–water partition coefficient (Wildman–Crippen LogP) is 5.34. The largest absolute Gasteiger partial charge is 0.462 e. The summed E-state index contributed by atoms with van der Waals surface area (Å²) in [7, 11) is 0. The number of ether oxygens (including phenoxy) is 1. The van der Waals surface area contributed by atoms with E-state index in [0.29, 0.717) is 35.7 Å². The van der Waals surface area contributed by atoms with Crippen LogP contribution in [0.15, 0.2) is 54.6 Å². The third-order valence-electron chi connectivity index (χ3n) is 5.46. The summed E-state index contributed by atoms with van der Waals surface area (Å²) in [6, 6.07) is 17.6. The van der Waals surface area contributed by atoms with Gasteiger partial charge in [-0.05, 0) is 24.1 Å². The lowest BCUT2D eigenvalue weighted by atomic mass is 10.2. The Labute approximate surface area is 182 Å². The lowest BCUT2D eigenvalue weighted by Gasteiger charge is -2.08. The van der Waals surface area contributed by atoms with Crippen LogP contribution in [-0.4, -0.2) is 27.1 Å². The molecule has 2 aromatic heterocycles. The van der Waals surface area contributed by atoms with E-state index >= 15 is 0 Å². The van der Waals surface area contributed by atoms with Gasteiger partial charge in [-0.15, -0.1) is 0 Å². The van der Waals surface area contributed by atoms with Gasteiger partial charge in [-0.3, -0.25) is 0 Å². The minimum absolute atomic E-state index is 0.303. The van der Waals surface area contributed by atoms with Gasteiger partial charge in [-0.1, -0.05) is 75.1 Å². The Bertz CT molecular complexity index is 1180. The van der Waals surface area contributed by atoms with Crippen LogP contribution < -0.4 is 5.73 Å². The second kappa shape index (κ2) is 9.60. The molecular weight excluding hydrogens is 388 g/mol. The molecule has 0 unspecified atom stereocenters. The van der Waals surface area contributed by atoms with E-state index in [1.165, 1.54) is 12.8 Å². The van der Waals surface area contributed by atoms with Gasteiger partial charge in [0, 0.05) is 0 Å². The molecule has 6 nitrogen and oxygen atoms in total. The fourth-order valence-corrected chi connectivity index (χ4v) is 3.79. The Balaban J connectivity index is 1.69. The maximum atomic E-state index is 13.0. The Morgan fingerprint density at radius 1 is 0.935 bits per heavy atom. The molecule has 31 heavy (non-hydrogen) atoms. The highest BCUT2D eigenvalue weighted by atomic mass is 16.5. The Morgan fingerprint density at radius 3 is 2.35 bits per heavy atom. The van der Waals surface area contributed by atoms with Gasteiger partial charge in [0.05, 0.1) is 24.2 Å². The smallest absolute Gasteiger partial charge is 0.344 e. The lowest BCUT2D eigenvalue weighted by molar-refractivity contribution is 0.0501. The minimum atomic E-state index is -0.436. The zero-order valence-corrected chi connectivity index (χ0v) is 17.9. The number of unbranched alkanes of at least 4 members (excludes halogenated alkanes) is 4. The van der Waals surface area contributed by atoms with Crippen molar-refractivity contribution in [3.05, 3.63) is 65.7 Å². The predicted molar refractivity (Wildman–Crippen MR) is 124 cm³/mol. The van der Waals surface area contributed by atoms with Crippen LogP contribution in [0.3, 0.4) is 0 Å². The first-order valence-corrected chi connectivity index (χ1v) is 10.9. The number of hydrogen-bond acceptors (Lipinski definition) is 5. The SMILES string of the molecule is CCCCCCCOC(=O)c1c(N)n(Cc2ccccc2)c2nc3ccccc3nc12. The molecule has 0 aliphatic heterocycles. The Kier molecular flexibility index (Phi) is 6.46. The quantitative estimate of drug-likeness (QED) is 0.294. The van der Waals surface area contributed by atoms with E-state index in [0.717, 1.165) is 35.9 Å². The first kappa shape index (κ1) is 20.8. The molecule has 0 bridgehead atoms. The third-order valence-corrected chi connectivity index (χ3v) is 5.46. The minimum Gasteiger partial charge on any atom is -0.462 e. The average molecular weight is 417 g/mol. The molecule has 6 heteroatoms. The number of aromatic nitrogens is 3. The maximum Gasteiger partial charge on any atom is 0.344 e. The Hall–Kier alpha value is -3.41. The van der Waals surface area contributed by atoms with Crippen LogP contribution in [0.1, 0.15) is 54.9 Å². The van der Waals surface area contributed by atoms with Crippen molar-refractivity contribution >= 4 is 34.0 Å². The highest BCUT2D eigenvalue weighted by Crippen LogP contribution is 2.29. The first-order valence-electron chi connectivity index (χ1n) is 10.9. The van der Waals surface area contributed by atoms with Crippen molar-refractivity contribution in [3.63, 3.8) is 0 Å². The summed E-state index contributed by atoms with van der Waals surface area (Å²) in [5.74, 6) is -0.0977. The molecule has 160 valence electrons. The van der Waals surface area contributed by atoms with Gasteiger partial charge in [-0.2, -0.15) is 0 Å². The summed E-state index contributed by atoms with van der Waals surface area (Å²) in [5, 5.41) is 0. The van der Waals surface area contributed by atoms with Crippen molar-refractivity contribution in [2.24, 2.45) is 0 Å². The number of nitrogens with zero attached hydrogens (tertiary/aromatic N) is 3. The molecule has 0 atom stereocenters. The summed E-state index contributed by atoms with van der Waals surface area (Å²) in [4.78, 5) is 22.5. The second-order valence-corrected chi connectivity index (χ2v) is 7.77.